The first-order valence-electron chi connectivity index (χ1n) is 5.54. The number of hydrogen-bond donors (Lipinski definition) is 1. The highest BCUT2D eigenvalue weighted by atomic mass is 32.1. The Balaban J connectivity index is 2.38. The predicted octanol–water partition coefficient (Wildman–Crippen LogP) is 3.54. The predicted molar refractivity (Wildman–Crippen MR) is 69.6 cm³/mol. The summed E-state index contributed by atoms with van der Waals surface area (Å²) in [6, 6.07) is 3.83. The van der Waals surface area contributed by atoms with Gasteiger partial charge in [-0.25, -0.2) is 13.8 Å². The van der Waals surface area contributed by atoms with Crippen LogP contribution < -0.4 is 5.32 Å². The van der Waals surface area contributed by atoms with Gasteiger partial charge in [-0.15, -0.1) is 11.3 Å². The van der Waals surface area contributed by atoms with Crippen LogP contribution in [0.5, 0.6) is 0 Å². The van der Waals surface area contributed by atoms with Crippen molar-refractivity contribution in [1.29, 1.82) is 0 Å². The van der Waals surface area contributed by atoms with Crippen molar-refractivity contribution in [3.63, 3.8) is 0 Å². The van der Waals surface area contributed by atoms with Gasteiger partial charge in [0.05, 0.1) is 11.2 Å². The molecule has 0 aliphatic carbocycles. The fourth-order valence-electron chi connectivity index (χ4n) is 1.45. The van der Waals surface area contributed by atoms with Crippen molar-refractivity contribution in [3.8, 4) is 10.6 Å². The molecule has 2 aromatic rings. The average Bonchev–Trinajstić information content (AvgIpc) is 2.83. The maximum absolute atomic E-state index is 13.2. The van der Waals surface area contributed by atoms with Crippen molar-refractivity contribution in [1.82, 2.24) is 10.3 Å². The van der Waals surface area contributed by atoms with E-state index in [4.69, 9.17) is 0 Å². The topological polar surface area (TPSA) is 24.9 Å². The highest BCUT2D eigenvalue weighted by Gasteiger charge is 2.21. The van der Waals surface area contributed by atoms with Gasteiger partial charge in [-0.05, 0) is 39.1 Å². The van der Waals surface area contributed by atoms with Gasteiger partial charge in [0, 0.05) is 10.9 Å². The number of hydrogen-bond acceptors (Lipinski definition) is 3. The normalized spacial score (nSPS) is 11.8. The van der Waals surface area contributed by atoms with Gasteiger partial charge in [0.25, 0.3) is 0 Å². The van der Waals surface area contributed by atoms with E-state index in [9.17, 15) is 8.78 Å². The van der Waals surface area contributed by atoms with E-state index in [-0.39, 0.29) is 5.54 Å². The number of nitrogens with one attached hydrogen (secondary N) is 1. The van der Waals surface area contributed by atoms with E-state index in [0.717, 1.165) is 11.8 Å². The molecule has 0 saturated heterocycles. The van der Waals surface area contributed by atoms with Gasteiger partial charge in [0.15, 0.2) is 11.6 Å². The van der Waals surface area contributed by atoms with E-state index < -0.39 is 11.6 Å². The summed E-state index contributed by atoms with van der Waals surface area (Å²) in [5, 5.41) is 5.76. The minimum Gasteiger partial charge on any atom is -0.310 e. The van der Waals surface area contributed by atoms with Gasteiger partial charge in [0.2, 0.25) is 0 Å². The molecule has 0 amide bonds. The number of thiazole rings is 1. The SMILES string of the molecule is CNC(C)(C)c1csc(-c2ccc(F)c(F)c2)n1. The molecule has 1 aromatic heterocycles. The molecule has 1 N–H and O–H groups in total. The summed E-state index contributed by atoms with van der Waals surface area (Å²) >= 11 is 1.42. The minimum absolute atomic E-state index is 0.243. The van der Waals surface area contributed by atoms with Crippen LogP contribution in [0.4, 0.5) is 8.78 Å². The third-order valence-electron chi connectivity index (χ3n) is 2.94. The number of aromatic nitrogens is 1. The summed E-state index contributed by atoms with van der Waals surface area (Å²) in [6.45, 7) is 4.02. The lowest BCUT2D eigenvalue weighted by Gasteiger charge is -2.21. The largest absolute Gasteiger partial charge is 0.310 e. The monoisotopic (exact) mass is 268 g/mol. The van der Waals surface area contributed by atoms with E-state index in [0.29, 0.717) is 10.6 Å². The van der Waals surface area contributed by atoms with Crippen LogP contribution in [0.25, 0.3) is 10.6 Å². The van der Waals surface area contributed by atoms with Gasteiger partial charge in [-0.3, -0.25) is 0 Å². The molecule has 0 bridgehead atoms. The minimum atomic E-state index is -0.850. The van der Waals surface area contributed by atoms with Crippen LogP contribution in [-0.4, -0.2) is 12.0 Å². The van der Waals surface area contributed by atoms with E-state index in [1.165, 1.54) is 23.5 Å². The maximum atomic E-state index is 13.2. The molecule has 0 atom stereocenters. The second-order valence-corrected chi connectivity index (χ2v) is 5.40. The molecule has 96 valence electrons. The average molecular weight is 268 g/mol. The molecule has 2 nitrogen and oxygen atoms in total. The smallest absolute Gasteiger partial charge is 0.159 e. The summed E-state index contributed by atoms with van der Waals surface area (Å²) in [4.78, 5) is 4.46. The molecule has 0 radical (unpaired) electrons. The van der Waals surface area contributed by atoms with Crippen molar-refractivity contribution < 1.29 is 8.78 Å². The van der Waals surface area contributed by atoms with Gasteiger partial charge in [-0.2, -0.15) is 0 Å². The van der Waals surface area contributed by atoms with E-state index in [2.05, 4.69) is 10.3 Å². The zero-order valence-electron chi connectivity index (χ0n) is 10.4. The molecule has 1 heterocycles. The van der Waals surface area contributed by atoms with Crippen LogP contribution >= 0.6 is 11.3 Å². The first kappa shape index (κ1) is 13.1. The number of halogens is 2. The highest BCUT2D eigenvalue weighted by molar-refractivity contribution is 7.13. The van der Waals surface area contributed by atoms with Crippen LogP contribution in [-0.2, 0) is 5.54 Å². The summed E-state index contributed by atoms with van der Waals surface area (Å²) in [7, 11) is 1.86. The quantitative estimate of drug-likeness (QED) is 0.921. The number of benzene rings is 1. The van der Waals surface area contributed by atoms with Crippen molar-refractivity contribution in [2.24, 2.45) is 0 Å². The second kappa shape index (κ2) is 4.74. The van der Waals surface area contributed by atoms with E-state index in [1.807, 2.05) is 26.3 Å². The molecule has 0 unspecified atom stereocenters. The standard InChI is InChI=1S/C13H14F2N2S/c1-13(2,16-3)11-7-18-12(17-11)8-4-5-9(14)10(15)6-8/h4-7,16H,1-3H3. The van der Waals surface area contributed by atoms with Gasteiger partial charge >= 0.3 is 0 Å². The number of nitrogens with zero attached hydrogens (tertiary/aromatic N) is 1. The Morgan fingerprint density at radius 3 is 2.56 bits per heavy atom. The van der Waals surface area contributed by atoms with Gasteiger partial charge < -0.3 is 5.32 Å². The lowest BCUT2D eigenvalue weighted by Crippen LogP contribution is -2.33. The number of rotatable bonds is 3. The Labute approximate surface area is 109 Å². The molecular formula is C13H14F2N2S. The van der Waals surface area contributed by atoms with Crippen molar-refractivity contribution >= 4 is 11.3 Å². The van der Waals surface area contributed by atoms with E-state index >= 15 is 0 Å². The Hall–Kier alpha value is -1.33. The lowest BCUT2D eigenvalue weighted by molar-refractivity contribution is 0.434. The summed E-state index contributed by atoms with van der Waals surface area (Å²) in [6.07, 6.45) is 0. The molecule has 0 aliphatic heterocycles. The van der Waals surface area contributed by atoms with Crippen LogP contribution in [0.15, 0.2) is 23.6 Å². The molecule has 0 saturated carbocycles. The summed E-state index contributed by atoms with van der Waals surface area (Å²) in [5.41, 5.74) is 1.24. The fraction of sp³-hybridized carbons (Fsp3) is 0.308. The summed E-state index contributed by atoms with van der Waals surface area (Å²) < 4.78 is 26.0. The fourth-order valence-corrected chi connectivity index (χ4v) is 2.44. The highest BCUT2D eigenvalue weighted by Crippen LogP contribution is 2.29. The molecular weight excluding hydrogens is 254 g/mol. The first-order valence-corrected chi connectivity index (χ1v) is 6.42. The maximum Gasteiger partial charge on any atom is 0.159 e. The molecule has 0 aliphatic rings. The van der Waals surface area contributed by atoms with Crippen LogP contribution in [0.1, 0.15) is 19.5 Å². The second-order valence-electron chi connectivity index (χ2n) is 4.54. The Morgan fingerprint density at radius 1 is 1.22 bits per heavy atom. The van der Waals surface area contributed by atoms with Crippen molar-refractivity contribution in [2.75, 3.05) is 7.05 Å². The van der Waals surface area contributed by atoms with Crippen LogP contribution in [0.3, 0.4) is 0 Å². The summed E-state index contributed by atoms with van der Waals surface area (Å²) in [5.74, 6) is -1.69. The third kappa shape index (κ3) is 2.42. The molecule has 0 fully saturated rings. The zero-order valence-corrected chi connectivity index (χ0v) is 11.2. The third-order valence-corrected chi connectivity index (χ3v) is 3.83. The van der Waals surface area contributed by atoms with Gasteiger partial charge in [0.1, 0.15) is 5.01 Å². The molecule has 0 spiro atoms. The van der Waals surface area contributed by atoms with Crippen molar-refractivity contribution in [3.05, 3.63) is 40.9 Å². The Bertz CT molecular complexity index is 564. The first-order chi connectivity index (χ1) is 8.44. The van der Waals surface area contributed by atoms with Crippen LogP contribution in [0.2, 0.25) is 0 Å². The molecule has 5 heteroatoms. The lowest BCUT2D eigenvalue weighted by atomic mass is 10.0. The Morgan fingerprint density at radius 2 is 1.94 bits per heavy atom. The molecule has 2 rings (SSSR count). The van der Waals surface area contributed by atoms with Crippen LogP contribution in [0, 0.1) is 11.6 Å². The van der Waals surface area contributed by atoms with Crippen molar-refractivity contribution in [2.45, 2.75) is 19.4 Å². The molecule has 1 aromatic carbocycles. The Kier molecular flexibility index (Phi) is 3.45. The van der Waals surface area contributed by atoms with E-state index in [1.54, 1.807) is 0 Å². The zero-order chi connectivity index (χ0) is 13.3. The van der Waals surface area contributed by atoms with Gasteiger partial charge in [-0.1, -0.05) is 0 Å². The molecule has 18 heavy (non-hydrogen) atoms.